The highest BCUT2D eigenvalue weighted by atomic mass is 16.5. The number of rotatable bonds is 9. The van der Waals surface area contributed by atoms with Crippen molar-refractivity contribution in [1.82, 2.24) is 5.32 Å². The molecule has 38 heavy (non-hydrogen) atoms. The van der Waals surface area contributed by atoms with Crippen molar-refractivity contribution in [2.24, 2.45) is 0 Å². The Kier molecular flexibility index (Phi) is 7.80. The van der Waals surface area contributed by atoms with Crippen LogP contribution in [0.4, 0.5) is 0 Å². The van der Waals surface area contributed by atoms with Gasteiger partial charge >= 0.3 is 0 Å². The summed E-state index contributed by atoms with van der Waals surface area (Å²) in [6.07, 6.45) is 0. The van der Waals surface area contributed by atoms with Crippen molar-refractivity contribution in [3.8, 4) is 22.6 Å². The molecule has 0 saturated heterocycles. The van der Waals surface area contributed by atoms with Gasteiger partial charge in [-0.2, -0.15) is 0 Å². The lowest BCUT2D eigenvalue weighted by molar-refractivity contribution is 0.0942. The molecule has 0 aliphatic heterocycles. The van der Waals surface area contributed by atoms with Gasteiger partial charge < -0.3 is 14.8 Å². The summed E-state index contributed by atoms with van der Waals surface area (Å²) in [7, 11) is 1.62. The summed E-state index contributed by atoms with van der Waals surface area (Å²) in [5.41, 5.74) is 5.65. The number of ether oxygens (including phenoxy) is 2. The fraction of sp³-hybridized carbons (Fsp3) is 0.0882. The number of carbonyl (C=O) groups is 1. The van der Waals surface area contributed by atoms with Crippen LogP contribution in [-0.2, 0) is 6.61 Å². The number of benzene rings is 5. The zero-order chi connectivity index (χ0) is 26.2. The van der Waals surface area contributed by atoms with E-state index in [9.17, 15) is 4.79 Å². The van der Waals surface area contributed by atoms with Gasteiger partial charge in [0, 0.05) is 11.1 Å². The van der Waals surface area contributed by atoms with Crippen LogP contribution in [0.1, 0.15) is 33.1 Å². The smallest absolute Gasteiger partial charge is 0.252 e. The average molecular weight is 500 g/mol. The molecule has 0 bridgehead atoms. The van der Waals surface area contributed by atoms with Gasteiger partial charge in [-0.15, -0.1) is 0 Å². The third-order valence-corrected chi connectivity index (χ3v) is 6.44. The van der Waals surface area contributed by atoms with Gasteiger partial charge in [0.1, 0.15) is 18.1 Å². The zero-order valence-electron chi connectivity index (χ0n) is 21.2. The molecule has 0 aliphatic carbocycles. The molecule has 5 rings (SSSR count). The van der Waals surface area contributed by atoms with E-state index < -0.39 is 0 Å². The van der Waals surface area contributed by atoms with E-state index in [1.807, 2.05) is 115 Å². The monoisotopic (exact) mass is 499 g/mol. The van der Waals surface area contributed by atoms with Crippen molar-refractivity contribution in [1.29, 1.82) is 0 Å². The maximum absolute atomic E-state index is 13.4. The lowest BCUT2D eigenvalue weighted by Gasteiger charge is -2.20. The van der Waals surface area contributed by atoms with E-state index in [4.69, 9.17) is 9.47 Å². The van der Waals surface area contributed by atoms with Crippen LogP contribution in [0.25, 0.3) is 11.1 Å². The van der Waals surface area contributed by atoms with E-state index in [1.165, 1.54) is 0 Å². The first-order valence-electron chi connectivity index (χ1n) is 12.6. The van der Waals surface area contributed by atoms with E-state index in [-0.39, 0.29) is 18.6 Å². The summed E-state index contributed by atoms with van der Waals surface area (Å²) < 4.78 is 11.6. The van der Waals surface area contributed by atoms with Crippen molar-refractivity contribution in [2.45, 2.75) is 12.6 Å². The molecule has 0 unspecified atom stereocenters. The Morgan fingerprint density at radius 2 is 1.24 bits per heavy atom. The van der Waals surface area contributed by atoms with Crippen LogP contribution in [-0.4, -0.2) is 13.0 Å². The van der Waals surface area contributed by atoms with Gasteiger partial charge in [-0.3, -0.25) is 4.79 Å². The van der Waals surface area contributed by atoms with Crippen LogP contribution in [0.15, 0.2) is 133 Å². The molecule has 5 aromatic rings. The Labute approximate surface area is 223 Å². The Balaban J connectivity index is 1.32. The number of carbonyl (C=O) groups excluding carboxylic acids is 1. The molecule has 5 aromatic carbocycles. The molecule has 0 aliphatic rings. The van der Waals surface area contributed by atoms with Gasteiger partial charge in [0.2, 0.25) is 0 Å². The number of methoxy groups -OCH3 is 1. The summed E-state index contributed by atoms with van der Waals surface area (Å²) in [6, 6.07) is 43.3. The Morgan fingerprint density at radius 3 is 1.82 bits per heavy atom. The summed E-state index contributed by atoms with van der Waals surface area (Å²) in [5, 5.41) is 3.21. The maximum atomic E-state index is 13.4. The van der Waals surface area contributed by atoms with E-state index >= 15 is 0 Å². The van der Waals surface area contributed by atoms with Gasteiger partial charge in [0.05, 0.1) is 13.2 Å². The predicted octanol–water partition coefficient (Wildman–Crippen LogP) is 7.46. The second kappa shape index (κ2) is 11.9. The zero-order valence-corrected chi connectivity index (χ0v) is 21.2. The summed E-state index contributed by atoms with van der Waals surface area (Å²) in [5.74, 6) is 1.25. The molecule has 1 amide bonds. The quantitative estimate of drug-likeness (QED) is 0.229. The van der Waals surface area contributed by atoms with Crippen LogP contribution in [0.3, 0.4) is 0 Å². The minimum atomic E-state index is -0.269. The van der Waals surface area contributed by atoms with E-state index in [2.05, 4.69) is 17.4 Å². The SMILES string of the molecule is COc1ccc(C(=O)NC(c2ccccc2)c2ccccc2)cc1COc1ccc(-c2ccccc2)cc1. The fourth-order valence-corrected chi connectivity index (χ4v) is 4.43. The molecule has 0 spiro atoms. The molecule has 0 heterocycles. The summed E-state index contributed by atoms with van der Waals surface area (Å²) >= 11 is 0. The maximum Gasteiger partial charge on any atom is 0.252 e. The summed E-state index contributed by atoms with van der Waals surface area (Å²) in [6.45, 7) is 0.274. The molecule has 0 atom stereocenters. The standard InChI is InChI=1S/C34H29NO3/c1-37-32-22-19-29(34(36)35-33(27-13-7-3-8-14-27)28-15-9-4-10-16-28)23-30(32)24-38-31-20-17-26(18-21-31)25-11-5-2-6-12-25/h2-23,33H,24H2,1H3,(H,35,36). The van der Waals surface area contributed by atoms with Gasteiger partial charge in [-0.25, -0.2) is 0 Å². The third kappa shape index (κ3) is 5.93. The topological polar surface area (TPSA) is 47.6 Å². The molecule has 0 aromatic heterocycles. The molecule has 0 radical (unpaired) electrons. The number of hydrogen-bond acceptors (Lipinski definition) is 3. The Hall–Kier alpha value is -4.83. The van der Waals surface area contributed by atoms with Crippen LogP contribution < -0.4 is 14.8 Å². The average Bonchev–Trinajstić information content (AvgIpc) is 3.00. The van der Waals surface area contributed by atoms with E-state index in [1.54, 1.807) is 13.2 Å². The lowest BCUT2D eigenvalue weighted by atomic mass is 9.98. The van der Waals surface area contributed by atoms with Crippen molar-refractivity contribution in [2.75, 3.05) is 7.11 Å². The molecular weight excluding hydrogens is 470 g/mol. The highest BCUT2D eigenvalue weighted by molar-refractivity contribution is 5.95. The summed E-state index contributed by atoms with van der Waals surface area (Å²) in [4.78, 5) is 13.4. The Bertz CT molecular complexity index is 1430. The second-order valence-corrected chi connectivity index (χ2v) is 8.93. The van der Waals surface area contributed by atoms with Crippen LogP contribution in [0.5, 0.6) is 11.5 Å². The molecule has 4 heteroatoms. The first-order chi connectivity index (χ1) is 18.7. The Morgan fingerprint density at radius 1 is 0.684 bits per heavy atom. The second-order valence-electron chi connectivity index (χ2n) is 8.93. The normalized spacial score (nSPS) is 10.7. The van der Waals surface area contributed by atoms with Gasteiger partial charge in [0.15, 0.2) is 0 Å². The molecule has 188 valence electrons. The van der Waals surface area contributed by atoms with Crippen LogP contribution in [0, 0.1) is 0 Å². The highest BCUT2D eigenvalue weighted by Gasteiger charge is 2.19. The van der Waals surface area contributed by atoms with Gasteiger partial charge in [-0.05, 0) is 52.6 Å². The number of nitrogens with one attached hydrogen (secondary N) is 1. The molecule has 4 nitrogen and oxygen atoms in total. The molecular formula is C34H29NO3. The first kappa shape index (κ1) is 24.8. The van der Waals surface area contributed by atoms with Crippen molar-refractivity contribution < 1.29 is 14.3 Å². The fourth-order valence-electron chi connectivity index (χ4n) is 4.43. The largest absolute Gasteiger partial charge is 0.496 e. The minimum Gasteiger partial charge on any atom is -0.496 e. The molecule has 1 N–H and O–H groups in total. The highest BCUT2D eigenvalue weighted by Crippen LogP contribution is 2.26. The third-order valence-electron chi connectivity index (χ3n) is 6.44. The molecule has 0 saturated carbocycles. The van der Waals surface area contributed by atoms with Crippen molar-refractivity contribution >= 4 is 5.91 Å². The van der Waals surface area contributed by atoms with Gasteiger partial charge in [0.25, 0.3) is 5.91 Å². The van der Waals surface area contributed by atoms with Gasteiger partial charge in [-0.1, -0.05) is 103 Å². The van der Waals surface area contributed by atoms with Crippen molar-refractivity contribution in [3.05, 3.63) is 156 Å². The lowest BCUT2D eigenvalue weighted by Crippen LogP contribution is -2.29. The van der Waals surface area contributed by atoms with Crippen molar-refractivity contribution in [3.63, 3.8) is 0 Å². The first-order valence-corrected chi connectivity index (χ1v) is 12.6. The number of amides is 1. The van der Waals surface area contributed by atoms with E-state index in [0.29, 0.717) is 11.3 Å². The van der Waals surface area contributed by atoms with Crippen LogP contribution >= 0.6 is 0 Å². The number of hydrogen-bond donors (Lipinski definition) is 1. The predicted molar refractivity (Wildman–Crippen MR) is 151 cm³/mol. The van der Waals surface area contributed by atoms with Crippen LogP contribution in [0.2, 0.25) is 0 Å². The minimum absolute atomic E-state index is 0.168. The molecule has 0 fully saturated rings. The van der Waals surface area contributed by atoms with E-state index in [0.717, 1.165) is 33.6 Å².